The van der Waals surface area contributed by atoms with E-state index in [0.717, 1.165) is 13.1 Å². The predicted octanol–water partition coefficient (Wildman–Crippen LogP) is -0.292. The van der Waals surface area contributed by atoms with Crippen LogP contribution in [0.4, 0.5) is 0 Å². The molecular formula is C3H8Cl2CuO3. The summed E-state index contributed by atoms with van der Waals surface area (Å²) < 4.78 is 0. The van der Waals surface area contributed by atoms with Gasteiger partial charge in [-0.25, -0.2) is 0 Å². The average molecular weight is 227 g/mol. The Bertz CT molecular complexity index is 44.0. The van der Waals surface area contributed by atoms with Crippen molar-refractivity contribution in [1.29, 1.82) is 0 Å². The summed E-state index contributed by atoms with van der Waals surface area (Å²) in [5.41, 5.74) is 0. The fraction of sp³-hybridized carbons (Fsp3) is 1.00. The molecule has 3 nitrogen and oxygen atoms in total. The van der Waals surface area contributed by atoms with Crippen molar-refractivity contribution in [2.45, 2.75) is 6.10 Å². The summed E-state index contributed by atoms with van der Waals surface area (Å²) in [4.78, 5) is 0. The molecule has 0 heterocycles. The van der Waals surface area contributed by atoms with E-state index in [4.69, 9.17) is 15.3 Å². The molecule has 0 amide bonds. The first-order valence-electron chi connectivity index (χ1n) is 1.94. The van der Waals surface area contributed by atoms with Crippen molar-refractivity contribution in [1.82, 2.24) is 0 Å². The van der Waals surface area contributed by atoms with Crippen LogP contribution in [0.15, 0.2) is 0 Å². The zero-order valence-corrected chi connectivity index (χ0v) is 6.84. The van der Waals surface area contributed by atoms with E-state index >= 15 is 0 Å². The second-order valence-corrected chi connectivity index (χ2v) is 2.62. The summed E-state index contributed by atoms with van der Waals surface area (Å²) in [6.07, 6.45) is -0.954. The molecule has 0 radical (unpaired) electrons. The van der Waals surface area contributed by atoms with Gasteiger partial charge in [0.25, 0.3) is 0 Å². The van der Waals surface area contributed by atoms with Gasteiger partial charge in [0.05, 0.1) is 13.2 Å². The molecule has 0 fully saturated rings. The molecule has 0 aliphatic carbocycles. The van der Waals surface area contributed by atoms with Gasteiger partial charge in [0.15, 0.2) is 0 Å². The molecule has 0 saturated carbocycles. The van der Waals surface area contributed by atoms with Crippen molar-refractivity contribution in [3.05, 3.63) is 0 Å². The van der Waals surface area contributed by atoms with Gasteiger partial charge in [-0.15, -0.1) is 0 Å². The normalized spacial score (nSPS) is 9.11. The molecule has 0 aliphatic heterocycles. The second-order valence-electron chi connectivity index (χ2n) is 1.06. The number of hydrogen-bond acceptors (Lipinski definition) is 3. The minimum atomic E-state index is -0.954. The monoisotopic (exact) mass is 225 g/mol. The molecule has 3 N–H and O–H groups in total. The summed E-state index contributed by atoms with van der Waals surface area (Å²) in [7, 11) is 9.34. The summed E-state index contributed by atoms with van der Waals surface area (Å²) in [5.74, 6) is 0. The van der Waals surface area contributed by atoms with E-state index < -0.39 is 6.10 Å². The maximum atomic E-state index is 8.17. The average Bonchev–Trinajstić information content (AvgIpc) is 1.88. The summed E-state index contributed by atoms with van der Waals surface area (Å²) in [6, 6.07) is 0. The van der Waals surface area contributed by atoms with Crippen LogP contribution in [0.25, 0.3) is 0 Å². The molecule has 0 spiro atoms. The van der Waals surface area contributed by atoms with Gasteiger partial charge in [-0.2, -0.15) is 0 Å². The Kier molecular flexibility index (Phi) is 16.5. The van der Waals surface area contributed by atoms with Crippen LogP contribution >= 0.6 is 20.2 Å². The van der Waals surface area contributed by atoms with E-state index in [0.29, 0.717) is 0 Å². The van der Waals surface area contributed by atoms with Gasteiger partial charge in [-0.05, 0) is 0 Å². The first-order valence-corrected chi connectivity index (χ1v) is 4.53. The molecule has 0 rings (SSSR count). The first-order chi connectivity index (χ1) is 4.22. The first kappa shape index (κ1) is 12.6. The number of hydrogen-bond donors (Lipinski definition) is 3. The van der Waals surface area contributed by atoms with Crippen LogP contribution in [-0.4, -0.2) is 34.6 Å². The van der Waals surface area contributed by atoms with Crippen LogP contribution in [0.2, 0.25) is 0 Å². The molecule has 9 heavy (non-hydrogen) atoms. The van der Waals surface area contributed by atoms with Crippen LogP contribution < -0.4 is 0 Å². The van der Waals surface area contributed by atoms with Gasteiger partial charge in [0, 0.05) is 0 Å². The van der Waals surface area contributed by atoms with Crippen molar-refractivity contribution in [2.75, 3.05) is 13.2 Å². The Balaban J connectivity index is 0. The Morgan fingerprint density at radius 3 is 1.44 bits per heavy atom. The zero-order valence-electron chi connectivity index (χ0n) is 4.39. The quantitative estimate of drug-likeness (QED) is 0.567. The van der Waals surface area contributed by atoms with Gasteiger partial charge in [-0.1, -0.05) is 0 Å². The van der Waals surface area contributed by atoms with Crippen molar-refractivity contribution >= 4 is 20.2 Å². The molecule has 0 aromatic carbocycles. The summed E-state index contributed by atoms with van der Waals surface area (Å²) in [5, 5.41) is 24.0. The third-order valence-electron chi connectivity index (χ3n) is 0.421. The van der Waals surface area contributed by atoms with Gasteiger partial charge >= 0.3 is 33.3 Å². The van der Waals surface area contributed by atoms with Crippen molar-refractivity contribution in [3.8, 4) is 0 Å². The molecule has 0 aromatic rings. The molecule has 0 saturated heterocycles. The van der Waals surface area contributed by atoms with Crippen LogP contribution in [0.1, 0.15) is 0 Å². The van der Waals surface area contributed by atoms with E-state index in [2.05, 4.69) is 20.2 Å². The van der Waals surface area contributed by atoms with E-state index in [9.17, 15) is 0 Å². The fourth-order valence-electron chi connectivity index (χ4n) is 0.0577. The number of aliphatic hydroxyl groups is 3. The third-order valence-corrected chi connectivity index (χ3v) is 0.421. The third kappa shape index (κ3) is 17.6. The second kappa shape index (κ2) is 11.7. The van der Waals surface area contributed by atoms with Crippen molar-refractivity contribution in [3.63, 3.8) is 0 Å². The summed E-state index contributed by atoms with van der Waals surface area (Å²) >= 11 is 0.757. The molecule has 0 unspecified atom stereocenters. The van der Waals surface area contributed by atoms with Gasteiger partial charge < -0.3 is 15.3 Å². The van der Waals surface area contributed by atoms with Crippen molar-refractivity contribution < 1.29 is 28.5 Å². The van der Waals surface area contributed by atoms with Crippen LogP contribution in [0.3, 0.4) is 0 Å². The molecule has 63 valence electrons. The van der Waals surface area contributed by atoms with Crippen molar-refractivity contribution in [2.24, 2.45) is 0 Å². The number of rotatable bonds is 2. The molecular weight excluding hydrogens is 218 g/mol. The Hall–Kier alpha value is 0.979. The minimum absolute atomic E-state index is 0.365. The molecule has 0 bridgehead atoms. The summed E-state index contributed by atoms with van der Waals surface area (Å²) in [6.45, 7) is -0.729. The van der Waals surface area contributed by atoms with Crippen LogP contribution in [-0.2, 0) is 13.1 Å². The predicted molar refractivity (Wildman–Crippen MR) is 31.9 cm³/mol. The molecule has 6 heteroatoms. The van der Waals surface area contributed by atoms with Crippen LogP contribution in [0, 0.1) is 0 Å². The molecule has 0 aromatic heterocycles. The topological polar surface area (TPSA) is 60.7 Å². The maximum absolute atomic E-state index is 8.17. The number of halogens is 2. The Morgan fingerprint density at radius 1 is 1.22 bits per heavy atom. The number of aliphatic hydroxyl groups excluding tert-OH is 3. The standard InChI is InChI=1S/C3H8O3.2ClH.Cu/c4-1-3(6)2-5;;;/h3-6H,1-2H2;2*1H;/q;;;+2/p-2. The van der Waals surface area contributed by atoms with Crippen LogP contribution in [0.5, 0.6) is 0 Å². The van der Waals surface area contributed by atoms with E-state index in [-0.39, 0.29) is 13.2 Å². The SMILES string of the molecule is OCC(O)CO.[Cl][Cu][Cl]. The van der Waals surface area contributed by atoms with E-state index in [1.165, 1.54) is 0 Å². The Labute approximate surface area is 68.2 Å². The molecule has 0 atom stereocenters. The Morgan fingerprint density at radius 2 is 1.44 bits per heavy atom. The van der Waals surface area contributed by atoms with Gasteiger partial charge in [0.2, 0.25) is 0 Å². The fourth-order valence-corrected chi connectivity index (χ4v) is 0.0577. The zero-order chi connectivity index (χ0) is 7.70. The molecule has 0 aliphatic rings. The van der Waals surface area contributed by atoms with E-state index in [1.807, 2.05) is 0 Å². The van der Waals surface area contributed by atoms with Gasteiger partial charge in [-0.3, -0.25) is 0 Å². The van der Waals surface area contributed by atoms with Gasteiger partial charge in [0.1, 0.15) is 6.10 Å². The van der Waals surface area contributed by atoms with E-state index in [1.54, 1.807) is 0 Å².